The number of aliphatic hydroxyl groups is 1. The molecule has 2 nitrogen and oxygen atoms in total. The van der Waals surface area contributed by atoms with Crippen LogP contribution in [0.5, 0.6) is 0 Å². The first-order chi connectivity index (χ1) is 5.61. The van der Waals surface area contributed by atoms with Gasteiger partial charge in [-0.1, -0.05) is 20.8 Å². The number of hydrogen-bond donors (Lipinski definition) is 1. The van der Waals surface area contributed by atoms with Gasteiger partial charge in [0.15, 0.2) is 0 Å². The molecular weight excluding hydrogens is 152 g/mol. The summed E-state index contributed by atoms with van der Waals surface area (Å²) < 4.78 is 5.25. The molecule has 0 spiro atoms. The molecule has 0 bridgehead atoms. The van der Waals surface area contributed by atoms with E-state index in [0.29, 0.717) is 11.8 Å². The Morgan fingerprint density at radius 1 is 1.25 bits per heavy atom. The van der Waals surface area contributed by atoms with Gasteiger partial charge in [0.05, 0.1) is 6.10 Å². The van der Waals surface area contributed by atoms with Gasteiger partial charge in [-0.05, 0) is 24.7 Å². The number of aliphatic hydroxyl groups excluding tert-OH is 1. The zero-order chi connectivity index (χ0) is 9.56. The van der Waals surface area contributed by atoms with Gasteiger partial charge in [-0.2, -0.15) is 0 Å². The van der Waals surface area contributed by atoms with E-state index in [4.69, 9.17) is 9.84 Å². The average Bonchev–Trinajstić information content (AvgIpc) is 2.03. The molecule has 74 valence electrons. The van der Waals surface area contributed by atoms with Crippen LogP contribution in [-0.2, 0) is 4.74 Å². The molecule has 2 atom stereocenters. The van der Waals surface area contributed by atoms with Crippen molar-refractivity contribution < 1.29 is 9.84 Å². The summed E-state index contributed by atoms with van der Waals surface area (Å²) in [6, 6.07) is 0. The highest BCUT2D eigenvalue weighted by atomic mass is 16.5. The lowest BCUT2D eigenvalue weighted by molar-refractivity contribution is 0.0545. The summed E-state index contributed by atoms with van der Waals surface area (Å²) in [5.41, 5.74) is 0. The largest absolute Gasteiger partial charge is 0.396 e. The van der Waals surface area contributed by atoms with Crippen LogP contribution in [0.25, 0.3) is 0 Å². The summed E-state index contributed by atoms with van der Waals surface area (Å²) in [5, 5.41) is 8.74. The Morgan fingerprint density at radius 2 is 1.83 bits per heavy atom. The second kappa shape index (κ2) is 6.44. The van der Waals surface area contributed by atoms with Crippen LogP contribution in [-0.4, -0.2) is 24.9 Å². The van der Waals surface area contributed by atoms with E-state index in [1.54, 1.807) is 7.11 Å². The topological polar surface area (TPSA) is 29.5 Å². The Kier molecular flexibility index (Phi) is 6.39. The van der Waals surface area contributed by atoms with Gasteiger partial charge in [0.25, 0.3) is 0 Å². The molecule has 0 aromatic carbocycles. The van der Waals surface area contributed by atoms with Crippen LogP contribution in [0, 0.1) is 11.8 Å². The molecular formula is C10H22O2. The molecule has 2 unspecified atom stereocenters. The van der Waals surface area contributed by atoms with E-state index in [2.05, 4.69) is 20.8 Å². The Balaban J connectivity index is 3.68. The summed E-state index contributed by atoms with van der Waals surface area (Å²) >= 11 is 0. The van der Waals surface area contributed by atoms with Crippen molar-refractivity contribution in [1.29, 1.82) is 0 Å². The van der Waals surface area contributed by atoms with Crippen molar-refractivity contribution in [3.63, 3.8) is 0 Å². The van der Waals surface area contributed by atoms with E-state index >= 15 is 0 Å². The molecule has 0 aliphatic carbocycles. The van der Waals surface area contributed by atoms with Crippen LogP contribution < -0.4 is 0 Å². The van der Waals surface area contributed by atoms with Crippen LogP contribution in [0.1, 0.15) is 33.6 Å². The predicted molar refractivity (Wildman–Crippen MR) is 51.1 cm³/mol. The lowest BCUT2D eigenvalue weighted by atomic mass is 9.91. The zero-order valence-corrected chi connectivity index (χ0v) is 8.71. The van der Waals surface area contributed by atoms with Crippen LogP contribution in [0.3, 0.4) is 0 Å². The van der Waals surface area contributed by atoms with E-state index < -0.39 is 0 Å². The molecule has 2 heteroatoms. The van der Waals surface area contributed by atoms with Crippen molar-refractivity contribution in [3.8, 4) is 0 Å². The monoisotopic (exact) mass is 174 g/mol. The van der Waals surface area contributed by atoms with Crippen molar-refractivity contribution >= 4 is 0 Å². The number of ether oxygens (including phenoxy) is 1. The number of methoxy groups -OCH3 is 1. The van der Waals surface area contributed by atoms with Crippen LogP contribution in [0.4, 0.5) is 0 Å². The Morgan fingerprint density at radius 3 is 2.17 bits per heavy atom. The maximum absolute atomic E-state index is 8.74. The molecule has 0 aliphatic heterocycles. The van der Waals surface area contributed by atoms with Gasteiger partial charge in [0, 0.05) is 13.7 Å². The van der Waals surface area contributed by atoms with Crippen LogP contribution >= 0.6 is 0 Å². The molecule has 0 amide bonds. The lowest BCUT2D eigenvalue weighted by Crippen LogP contribution is -2.18. The van der Waals surface area contributed by atoms with Gasteiger partial charge < -0.3 is 9.84 Å². The molecule has 0 aromatic heterocycles. The maximum atomic E-state index is 8.74. The first-order valence-corrected chi connectivity index (χ1v) is 4.75. The molecule has 0 saturated carbocycles. The molecule has 0 aliphatic rings. The second-order valence-electron chi connectivity index (χ2n) is 3.83. The predicted octanol–water partition coefficient (Wildman–Crippen LogP) is 2.07. The molecule has 12 heavy (non-hydrogen) atoms. The second-order valence-corrected chi connectivity index (χ2v) is 3.83. The van der Waals surface area contributed by atoms with Crippen molar-refractivity contribution in [1.82, 2.24) is 0 Å². The van der Waals surface area contributed by atoms with Crippen LogP contribution in [0.2, 0.25) is 0 Å². The van der Waals surface area contributed by atoms with Crippen molar-refractivity contribution in [2.75, 3.05) is 13.7 Å². The third-order valence-electron chi connectivity index (χ3n) is 2.56. The summed E-state index contributed by atoms with van der Waals surface area (Å²) in [4.78, 5) is 0. The van der Waals surface area contributed by atoms with Gasteiger partial charge in [-0.3, -0.25) is 0 Å². The van der Waals surface area contributed by atoms with Gasteiger partial charge in [-0.25, -0.2) is 0 Å². The Bertz CT molecular complexity index is 102. The highest BCUT2D eigenvalue weighted by Gasteiger charge is 2.14. The normalized spacial score (nSPS) is 16.5. The summed E-state index contributed by atoms with van der Waals surface area (Å²) in [6.07, 6.45) is 2.04. The molecule has 0 heterocycles. The third kappa shape index (κ3) is 4.73. The van der Waals surface area contributed by atoms with Gasteiger partial charge >= 0.3 is 0 Å². The molecule has 0 rings (SSSR count). The first-order valence-electron chi connectivity index (χ1n) is 4.75. The summed E-state index contributed by atoms with van der Waals surface area (Å²) in [5.74, 6) is 1.36. The minimum Gasteiger partial charge on any atom is -0.396 e. The fraction of sp³-hybridized carbons (Fsp3) is 1.00. The fourth-order valence-corrected chi connectivity index (χ4v) is 1.16. The quantitative estimate of drug-likeness (QED) is 0.668. The minimum absolute atomic E-state index is 0.226. The van der Waals surface area contributed by atoms with Crippen LogP contribution in [0.15, 0.2) is 0 Å². The van der Waals surface area contributed by atoms with Gasteiger partial charge in [-0.15, -0.1) is 0 Å². The third-order valence-corrected chi connectivity index (χ3v) is 2.56. The van der Waals surface area contributed by atoms with Crippen molar-refractivity contribution in [3.05, 3.63) is 0 Å². The first kappa shape index (κ1) is 11.9. The Hall–Kier alpha value is -0.0800. The SMILES string of the molecule is COC(CCO)CC(C)C(C)C. The van der Waals surface area contributed by atoms with E-state index in [-0.39, 0.29) is 12.7 Å². The standard InChI is InChI=1S/C10H22O2/c1-8(2)9(3)7-10(12-4)5-6-11/h8-11H,5-7H2,1-4H3. The van der Waals surface area contributed by atoms with E-state index in [1.165, 1.54) is 0 Å². The highest BCUT2D eigenvalue weighted by molar-refractivity contribution is 4.65. The molecule has 1 N–H and O–H groups in total. The average molecular weight is 174 g/mol. The molecule has 0 radical (unpaired) electrons. The van der Waals surface area contributed by atoms with Crippen molar-refractivity contribution in [2.45, 2.75) is 39.7 Å². The minimum atomic E-state index is 0.226. The van der Waals surface area contributed by atoms with Crippen molar-refractivity contribution in [2.24, 2.45) is 11.8 Å². The summed E-state index contributed by atoms with van der Waals surface area (Å²) in [7, 11) is 1.72. The summed E-state index contributed by atoms with van der Waals surface area (Å²) in [6.45, 7) is 6.89. The van der Waals surface area contributed by atoms with Gasteiger partial charge in [0.1, 0.15) is 0 Å². The Labute approximate surface area is 75.9 Å². The lowest BCUT2D eigenvalue weighted by Gasteiger charge is -2.21. The number of rotatable bonds is 6. The van der Waals surface area contributed by atoms with Gasteiger partial charge in [0.2, 0.25) is 0 Å². The highest BCUT2D eigenvalue weighted by Crippen LogP contribution is 2.18. The maximum Gasteiger partial charge on any atom is 0.0595 e. The van der Waals surface area contributed by atoms with E-state index in [1.807, 2.05) is 0 Å². The molecule has 0 aromatic rings. The van der Waals surface area contributed by atoms with E-state index in [0.717, 1.165) is 12.8 Å². The number of hydrogen-bond acceptors (Lipinski definition) is 2. The molecule has 0 fully saturated rings. The smallest absolute Gasteiger partial charge is 0.0595 e. The fourth-order valence-electron chi connectivity index (χ4n) is 1.16. The van der Waals surface area contributed by atoms with E-state index in [9.17, 15) is 0 Å². The zero-order valence-electron chi connectivity index (χ0n) is 8.71. The molecule has 0 saturated heterocycles.